The fraction of sp³-hybridized carbons (Fsp3) is 0.438. The Hall–Kier alpha value is -1.39. The van der Waals surface area contributed by atoms with Gasteiger partial charge < -0.3 is 10.4 Å². The minimum atomic E-state index is 0.355. The summed E-state index contributed by atoms with van der Waals surface area (Å²) in [5, 5.41) is 16.6. The molecule has 2 aromatic rings. The molecule has 1 aliphatic rings. The SMILES string of the molecule is CC(CNC1CCCc2ccc(O)cc21)c1nccs1. The first-order valence-electron chi connectivity index (χ1n) is 7.18. The van der Waals surface area contributed by atoms with Crippen LogP contribution in [-0.4, -0.2) is 16.6 Å². The lowest BCUT2D eigenvalue weighted by Crippen LogP contribution is -2.28. The molecule has 3 rings (SSSR count). The molecule has 0 saturated carbocycles. The Kier molecular flexibility index (Phi) is 4.03. The number of aryl methyl sites for hydroxylation is 1. The number of phenols is 1. The smallest absolute Gasteiger partial charge is 0.115 e. The summed E-state index contributed by atoms with van der Waals surface area (Å²) >= 11 is 1.71. The van der Waals surface area contributed by atoms with Gasteiger partial charge in [-0.05, 0) is 42.5 Å². The minimum Gasteiger partial charge on any atom is -0.508 e. The maximum Gasteiger partial charge on any atom is 0.115 e. The predicted molar refractivity (Wildman–Crippen MR) is 82.3 cm³/mol. The van der Waals surface area contributed by atoms with Gasteiger partial charge in [0.05, 0.1) is 5.01 Å². The molecule has 1 aliphatic carbocycles. The van der Waals surface area contributed by atoms with Crippen LogP contribution in [0.2, 0.25) is 0 Å². The number of fused-ring (bicyclic) bond motifs is 1. The Morgan fingerprint density at radius 2 is 2.40 bits per heavy atom. The molecule has 2 atom stereocenters. The van der Waals surface area contributed by atoms with Gasteiger partial charge in [-0.1, -0.05) is 13.0 Å². The van der Waals surface area contributed by atoms with Gasteiger partial charge in [-0.3, -0.25) is 0 Å². The molecular weight excluding hydrogens is 268 g/mol. The number of rotatable bonds is 4. The fourth-order valence-electron chi connectivity index (χ4n) is 2.88. The van der Waals surface area contributed by atoms with Crippen LogP contribution < -0.4 is 5.32 Å². The predicted octanol–water partition coefficient (Wildman–Crippen LogP) is 3.62. The summed E-state index contributed by atoms with van der Waals surface area (Å²) in [7, 11) is 0. The average molecular weight is 288 g/mol. The molecule has 4 heteroatoms. The van der Waals surface area contributed by atoms with E-state index in [1.165, 1.54) is 22.6 Å². The molecule has 1 aromatic heterocycles. The van der Waals surface area contributed by atoms with Crippen molar-refractivity contribution in [2.75, 3.05) is 6.54 Å². The number of nitrogens with zero attached hydrogens (tertiary/aromatic N) is 1. The zero-order chi connectivity index (χ0) is 13.9. The number of aromatic nitrogens is 1. The van der Waals surface area contributed by atoms with E-state index in [4.69, 9.17) is 0 Å². The molecule has 20 heavy (non-hydrogen) atoms. The van der Waals surface area contributed by atoms with E-state index in [0.29, 0.717) is 17.7 Å². The van der Waals surface area contributed by atoms with Crippen LogP contribution in [0.3, 0.4) is 0 Å². The van der Waals surface area contributed by atoms with Crippen molar-refractivity contribution in [3.05, 3.63) is 45.9 Å². The second-order valence-corrected chi connectivity index (χ2v) is 6.43. The van der Waals surface area contributed by atoms with Gasteiger partial charge in [0.1, 0.15) is 5.75 Å². The quantitative estimate of drug-likeness (QED) is 0.903. The minimum absolute atomic E-state index is 0.355. The maximum atomic E-state index is 9.70. The molecule has 106 valence electrons. The number of hydrogen-bond acceptors (Lipinski definition) is 4. The molecule has 2 unspecified atom stereocenters. The van der Waals surface area contributed by atoms with Crippen LogP contribution in [0.4, 0.5) is 0 Å². The topological polar surface area (TPSA) is 45.1 Å². The van der Waals surface area contributed by atoms with Gasteiger partial charge in [-0.25, -0.2) is 4.98 Å². The number of phenolic OH excluding ortho intramolecular Hbond substituents is 1. The molecule has 0 radical (unpaired) electrons. The zero-order valence-corrected chi connectivity index (χ0v) is 12.5. The Morgan fingerprint density at radius 1 is 1.50 bits per heavy atom. The van der Waals surface area contributed by atoms with Crippen LogP contribution in [0.25, 0.3) is 0 Å². The molecule has 1 aromatic carbocycles. The molecule has 0 spiro atoms. The molecule has 1 heterocycles. The highest BCUT2D eigenvalue weighted by atomic mass is 32.1. The van der Waals surface area contributed by atoms with Crippen LogP contribution in [0.5, 0.6) is 5.75 Å². The van der Waals surface area contributed by atoms with E-state index in [2.05, 4.69) is 23.3 Å². The third-order valence-electron chi connectivity index (χ3n) is 3.99. The first-order chi connectivity index (χ1) is 9.74. The number of aromatic hydroxyl groups is 1. The summed E-state index contributed by atoms with van der Waals surface area (Å²) in [6.45, 7) is 3.13. The van der Waals surface area contributed by atoms with Crippen LogP contribution in [0.15, 0.2) is 29.8 Å². The summed E-state index contributed by atoms with van der Waals surface area (Å²) in [5.74, 6) is 0.795. The van der Waals surface area contributed by atoms with Crippen LogP contribution in [0, 0.1) is 0 Å². The second-order valence-electron chi connectivity index (χ2n) is 5.51. The summed E-state index contributed by atoms with van der Waals surface area (Å²) in [6.07, 6.45) is 5.34. The summed E-state index contributed by atoms with van der Waals surface area (Å²) < 4.78 is 0. The average Bonchev–Trinajstić information content (AvgIpc) is 2.99. The van der Waals surface area contributed by atoms with Gasteiger partial charge in [-0.15, -0.1) is 11.3 Å². The molecule has 0 saturated heterocycles. The Labute approximate surface area is 123 Å². The maximum absolute atomic E-state index is 9.70. The van der Waals surface area contributed by atoms with Crippen molar-refractivity contribution < 1.29 is 5.11 Å². The molecular formula is C16H20N2OS. The van der Waals surface area contributed by atoms with E-state index < -0.39 is 0 Å². The monoisotopic (exact) mass is 288 g/mol. The van der Waals surface area contributed by atoms with Gasteiger partial charge >= 0.3 is 0 Å². The number of benzene rings is 1. The summed E-state index contributed by atoms with van der Waals surface area (Å²) in [5.41, 5.74) is 2.64. The summed E-state index contributed by atoms with van der Waals surface area (Å²) in [4.78, 5) is 4.38. The lowest BCUT2D eigenvalue weighted by atomic mass is 9.87. The van der Waals surface area contributed by atoms with Gasteiger partial charge in [0.15, 0.2) is 0 Å². The van der Waals surface area contributed by atoms with Crippen LogP contribution in [-0.2, 0) is 6.42 Å². The molecule has 0 aliphatic heterocycles. The molecule has 0 amide bonds. The van der Waals surface area contributed by atoms with Crippen molar-refractivity contribution in [1.82, 2.24) is 10.3 Å². The lowest BCUT2D eigenvalue weighted by Gasteiger charge is -2.27. The summed E-state index contributed by atoms with van der Waals surface area (Å²) in [6, 6.07) is 6.12. The number of nitrogens with one attached hydrogen (secondary N) is 1. The standard InChI is InChI=1S/C16H20N2OS/c1-11(16-17-7-8-20-16)10-18-15-4-2-3-12-5-6-13(19)9-14(12)15/h5-9,11,15,18-19H,2-4,10H2,1H3. The van der Waals surface area contributed by atoms with E-state index in [9.17, 15) is 5.11 Å². The fourth-order valence-corrected chi connectivity index (χ4v) is 3.58. The van der Waals surface area contributed by atoms with Gasteiger partial charge in [0, 0.05) is 30.1 Å². The Balaban J connectivity index is 1.69. The highest BCUT2D eigenvalue weighted by Gasteiger charge is 2.21. The first-order valence-corrected chi connectivity index (χ1v) is 8.06. The number of hydrogen-bond donors (Lipinski definition) is 2. The molecule has 0 bridgehead atoms. The van der Waals surface area contributed by atoms with E-state index in [1.54, 1.807) is 17.4 Å². The zero-order valence-electron chi connectivity index (χ0n) is 11.7. The third-order valence-corrected chi connectivity index (χ3v) is 4.99. The van der Waals surface area contributed by atoms with Crippen molar-refractivity contribution in [3.63, 3.8) is 0 Å². The van der Waals surface area contributed by atoms with Gasteiger partial charge in [-0.2, -0.15) is 0 Å². The molecule has 3 nitrogen and oxygen atoms in total. The van der Waals surface area contributed by atoms with Gasteiger partial charge in [0.25, 0.3) is 0 Å². The normalized spacial score (nSPS) is 19.6. The van der Waals surface area contributed by atoms with Crippen molar-refractivity contribution in [2.45, 2.75) is 38.1 Å². The first kappa shape index (κ1) is 13.6. The van der Waals surface area contributed by atoms with Crippen molar-refractivity contribution >= 4 is 11.3 Å². The second kappa shape index (κ2) is 5.94. The van der Waals surface area contributed by atoms with E-state index in [1.807, 2.05) is 17.6 Å². The van der Waals surface area contributed by atoms with Crippen LogP contribution in [0.1, 0.15) is 47.9 Å². The highest BCUT2D eigenvalue weighted by Crippen LogP contribution is 2.32. The van der Waals surface area contributed by atoms with E-state index in [-0.39, 0.29) is 0 Å². The molecule has 0 fully saturated rings. The van der Waals surface area contributed by atoms with E-state index >= 15 is 0 Å². The Morgan fingerprint density at radius 3 is 3.20 bits per heavy atom. The highest BCUT2D eigenvalue weighted by molar-refractivity contribution is 7.09. The van der Waals surface area contributed by atoms with Crippen molar-refractivity contribution in [1.29, 1.82) is 0 Å². The largest absolute Gasteiger partial charge is 0.508 e. The van der Waals surface area contributed by atoms with E-state index in [0.717, 1.165) is 19.4 Å². The Bertz CT molecular complexity index is 568. The van der Waals surface area contributed by atoms with Crippen LogP contribution >= 0.6 is 11.3 Å². The number of thiazole rings is 1. The van der Waals surface area contributed by atoms with Crippen molar-refractivity contribution in [3.8, 4) is 5.75 Å². The lowest BCUT2D eigenvalue weighted by molar-refractivity contribution is 0.437. The molecule has 2 N–H and O–H groups in total. The van der Waals surface area contributed by atoms with Gasteiger partial charge in [0.2, 0.25) is 0 Å². The van der Waals surface area contributed by atoms with Crippen molar-refractivity contribution in [2.24, 2.45) is 0 Å². The third kappa shape index (κ3) is 2.86.